The Balaban J connectivity index is 2.51. The maximum atomic E-state index is 2.28. The van der Waals surface area contributed by atoms with Gasteiger partial charge in [-0.3, -0.25) is 0 Å². The van der Waals surface area contributed by atoms with Crippen LogP contribution in [0, 0.1) is 5.92 Å². The lowest BCUT2D eigenvalue weighted by molar-refractivity contribution is -0.702. The van der Waals surface area contributed by atoms with E-state index in [1.165, 1.54) is 6.42 Å². The summed E-state index contributed by atoms with van der Waals surface area (Å²) in [5.74, 6) is 0.780. The highest BCUT2D eigenvalue weighted by Gasteiger charge is 2.04. The molecule has 1 atom stereocenters. The summed E-state index contributed by atoms with van der Waals surface area (Å²) in [7, 11) is 0. The van der Waals surface area contributed by atoms with Gasteiger partial charge in [0.25, 0.3) is 0 Å². The fourth-order valence-electron chi connectivity index (χ4n) is 1.05. The van der Waals surface area contributed by atoms with E-state index >= 15 is 0 Å². The van der Waals surface area contributed by atoms with Crippen LogP contribution in [0.5, 0.6) is 0 Å². The van der Waals surface area contributed by atoms with Crippen molar-refractivity contribution >= 4 is 0 Å². The maximum Gasteiger partial charge on any atom is 0.168 e. The van der Waals surface area contributed by atoms with Crippen LogP contribution in [-0.4, -0.2) is 0 Å². The van der Waals surface area contributed by atoms with E-state index in [4.69, 9.17) is 0 Å². The van der Waals surface area contributed by atoms with E-state index in [-0.39, 0.29) is 0 Å². The molecule has 0 aliphatic carbocycles. The van der Waals surface area contributed by atoms with Gasteiger partial charge in [-0.15, -0.1) is 0 Å². The normalized spacial score (nSPS) is 12.9. The molecule has 1 nitrogen and oxygen atoms in total. The first-order chi connectivity index (χ1) is 5.33. The molecule has 1 heterocycles. The van der Waals surface area contributed by atoms with Crippen molar-refractivity contribution in [2.24, 2.45) is 5.92 Å². The van der Waals surface area contributed by atoms with Gasteiger partial charge in [0.05, 0.1) is 0 Å². The molecule has 0 spiro atoms. The van der Waals surface area contributed by atoms with Crippen molar-refractivity contribution in [3.8, 4) is 0 Å². The van der Waals surface area contributed by atoms with Gasteiger partial charge in [0.1, 0.15) is 0 Å². The van der Waals surface area contributed by atoms with Gasteiger partial charge >= 0.3 is 0 Å². The molecule has 1 aromatic rings. The first kappa shape index (κ1) is 8.25. The van der Waals surface area contributed by atoms with Gasteiger partial charge in [-0.2, -0.15) is 0 Å². The third-order valence-corrected chi connectivity index (χ3v) is 2.00. The van der Waals surface area contributed by atoms with E-state index in [1.807, 2.05) is 6.07 Å². The van der Waals surface area contributed by atoms with Gasteiger partial charge in [0.15, 0.2) is 18.9 Å². The molecule has 0 amide bonds. The molecule has 1 heteroatoms. The SMILES string of the molecule is CCC(C)C[n+]1ccccc1. The number of rotatable bonds is 3. The van der Waals surface area contributed by atoms with Crippen LogP contribution in [0.1, 0.15) is 20.3 Å². The van der Waals surface area contributed by atoms with Crippen LogP contribution in [0.3, 0.4) is 0 Å². The van der Waals surface area contributed by atoms with Crippen molar-refractivity contribution in [1.29, 1.82) is 0 Å². The molecule has 0 N–H and O–H groups in total. The average molecular weight is 150 g/mol. The monoisotopic (exact) mass is 150 g/mol. The molecule has 0 saturated carbocycles. The summed E-state index contributed by atoms with van der Waals surface area (Å²) >= 11 is 0. The summed E-state index contributed by atoms with van der Waals surface area (Å²) in [4.78, 5) is 0. The van der Waals surface area contributed by atoms with Gasteiger partial charge < -0.3 is 0 Å². The quantitative estimate of drug-likeness (QED) is 0.580. The zero-order valence-corrected chi connectivity index (χ0v) is 7.33. The van der Waals surface area contributed by atoms with Crippen molar-refractivity contribution in [3.05, 3.63) is 30.6 Å². The minimum Gasteiger partial charge on any atom is -0.205 e. The highest BCUT2D eigenvalue weighted by molar-refractivity contribution is 4.83. The summed E-state index contributed by atoms with van der Waals surface area (Å²) in [6.45, 7) is 5.64. The van der Waals surface area contributed by atoms with E-state index in [9.17, 15) is 0 Å². The summed E-state index contributed by atoms with van der Waals surface area (Å²) in [6.07, 6.45) is 5.49. The Morgan fingerprint density at radius 1 is 1.18 bits per heavy atom. The Bertz CT molecular complexity index is 193. The van der Waals surface area contributed by atoms with Gasteiger partial charge in [0.2, 0.25) is 0 Å². The largest absolute Gasteiger partial charge is 0.205 e. The van der Waals surface area contributed by atoms with Crippen LogP contribution in [0.2, 0.25) is 0 Å². The molecular weight excluding hydrogens is 134 g/mol. The molecule has 0 saturated heterocycles. The third kappa shape index (κ3) is 2.71. The van der Waals surface area contributed by atoms with E-state index in [0.717, 1.165) is 12.5 Å². The van der Waals surface area contributed by atoms with E-state index in [0.29, 0.717) is 0 Å². The van der Waals surface area contributed by atoms with E-state index in [1.54, 1.807) is 0 Å². The Kier molecular flexibility index (Phi) is 3.09. The van der Waals surface area contributed by atoms with Crippen LogP contribution in [0.15, 0.2) is 30.6 Å². The van der Waals surface area contributed by atoms with Crippen molar-refractivity contribution in [2.45, 2.75) is 26.8 Å². The van der Waals surface area contributed by atoms with Crippen LogP contribution in [-0.2, 0) is 6.54 Å². The van der Waals surface area contributed by atoms with Crippen LogP contribution < -0.4 is 4.57 Å². The topological polar surface area (TPSA) is 3.88 Å². The lowest BCUT2D eigenvalue weighted by Crippen LogP contribution is -2.35. The lowest BCUT2D eigenvalue weighted by atomic mass is 10.1. The van der Waals surface area contributed by atoms with E-state index < -0.39 is 0 Å². The molecule has 0 aliphatic rings. The summed E-state index contributed by atoms with van der Waals surface area (Å²) in [5.41, 5.74) is 0. The predicted molar refractivity (Wildman–Crippen MR) is 46.1 cm³/mol. The molecule has 0 fully saturated rings. The highest BCUT2D eigenvalue weighted by Crippen LogP contribution is 1.98. The Labute approximate surface area is 68.7 Å². The fraction of sp³-hybridized carbons (Fsp3) is 0.500. The molecule has 0 aromatic carbocycles. The molecule has 60 valence electrons. The van der Waals surface area contributed by atoms with E-state index in [2.05, 4.69) is 42.9 Å². The Hall–Kier alpha value is -0.850. The zero-order chi connectivity index (χ0) is 8.10. The minimum absolute atomic E-state index is 0.780. The van der Waals surface area contributed by atoms with Crippen molar-refractivity contribution in [2.75, 3.05) is 0 Å². The van der Waals surface area contributed by atoms with Gasteiger partial charge in [-0.1, -0.05) is 19.9 Å². The second-order valence-electron chi connectivity index (χ2n) is 3.09. The number of aromatic nitrogens is 1. The van der Waals surface area contributed by atoms with Gasteiger partial charge in [0, 0.05) is 18.1 Å². The van der Waals surface area contributed by atoms with Gasteiger partial charge in [-0.05, 0) is 6.42 Å². The molecule has 0 bridgehead atoms. The smallest absolute Gasteiger partial charge is 0.168 e. The summed E-state index contributed by atoms with van der Waals surface area (Å²) < 4.78 is 2.23. The predicted octanol–water partition coefficient (Wildman–Crippen LogP) is 2.02. The molecule has 1 aromatic heterocycles. The maximum absolute atomic E-state index is 2.28. The van der Waals surface area contributed by atoms with Gasteiger partial charge in [-0.25, -0.2) is 4.57 Å². The number of nitrogens with zero attached hydrogens (tertiary/aromatic N) is 1. The number of hydrogen-bond acceptors (Lipinski definition) is 0. The van der Waals surface area contributed by atoms with Crippen LogP contribution in [0.4, 0.5) is 0 Å². The molecule has 1 unspecified atom stereocenters. The molecule has 0 radical (unpaired) electrons. The number of hydrogen-bond donors (Lipinski definition) is 0. The fourth-order valence-corrected chi connectivity index (χ4v) is 1.05. The first-order valence-corrected chi connectivity index (χ1v) is 4.27. The summed E-state index contributed by atoms with van der Waals surface area (Å²) in [6, 6.07) is 6.19. The number of pyridine rings is 1. The van der Waals surface area contributed by atoms with Crippen molar-refractivity contribution in [3.63, 3.8) is 0 Å². The average Bonchev–Trinajstić information content (AvgIpc) is 2.06. The molecule has 0 aliphatic heterocycles. The highest BCUT2D eigenvalue weighted by atomic mass is 14.9. The zero-order valence-electron chi connectivity index (χ0n) is 7.33. The first-order valence-electron chi connectivity index (χ1n) is 4.27. The summed E-state index contributed by atoms with van der Waals surface area (Å²) in [5, 5.41) is 0. The minimum atomic E-state index is 0.780. The Morgan fingerprint density at radius 3 is 2.36 bits per heavy atom. The van der Waals surface area contributed by atoms with Crippen molar-refractivity contribution in [1.82, 2.24) is 0 Å². The molecule has 11 heavy (non-hydrogen) atoms. The second kappa shape index (κ2) is 4.12. The molecule has 1 rings (SSSR count). The van der Waals surface area contributed by atoms with Crippen LogP contribution in [0.25, 0.3) is 0 Å². The Morgan fingerprint density at radius 2 is 1.82 bits per heavy atom. The molecular formula is C10H16N+. The lowest BCUT2D eigenvalue weighted by Gasteiger charge is -2.02. The van der Waals surface area contributed by atoms with Crippen molar-refractivity contribution < 1.29 is 4.57 Å². The standard InChI is InChI=1S/C10H16N/c1-3-10(2)9-11-7-5-4-6-8-11/h4-8,10H,3,9H2,1-2H3/q+1. The van der Waals surface area contributed by atoms with Crippen LogP contribution >= 0.6 is 0 Å². The third-order valence-electron chi connectivity index (χ3n) is 2.00. The second-order valence-corrected chi connectivity index (χ2v) is 3.09.